The third-order valence-corrected chi connectivity index (χ3v) is 5.56. The van der Waals surface area contributed by atoms with Crippen LogP contribution in [0.25, 0.3) is 0 Å². The van der Waals surface area contributed by atoms with Crippen molar-refractivity contribution in [3.63, 3.8) is 0 Å². The number of carbonyl (C=O) groups is 1. The van der Waals surface area contributed by atoms with E-state index in [0.29, 0.717) is 12.6 Å². The van der Waals surface area contributed by atoms with Gasteiger partial charge in [-0.1, -0.05) is 50.6 Å². The van der Waals surface area contributed by atoms with Crippen molar-refractivity contribution >= 4 is 6.09 Å². The number of hydrogen-bond acceptors (Lipinski definition) is 5. The molecule has 0 aromatic heterocycles. The highest BCUT2D eigenvalue weighted by atomic mass is 16.6. The molecule has 178 valence electrons. The van der Waals surface area contributed by atoms with Gasteiger partial charge in [0.05, 0.1) is 0 Å². The molecule has 1 rings (SSSR count). The third kappa shape index (κ3) is 13.4. The van der Waals surface area contributed by atoms with E-state index in [1.807, 2.05) is 35.2 Å². The molecule has 1 unspecified atom stereocenters. The second-order valence-corrected chi connectivity index (χ2v) is 8.69. The second-order valence-electron chi connectivity index (χ2n) is 8.69. The Hall–Kier alpha value is -1.63. The molecular formula is C25H46N4O2. The monoisotopic (exact) mass is 434 g/mol. The van der Waals surface area contributed by atoms with E-state index in [1.165, 1.54) is 6.42 Å². The second kappa shape index (κ2) is 17.0. The van der Waals surface area contributed by atoms with E-state index in [0.717, 1.165) is 70.5 Å². The van der Waals surface area contributed by atoms with Crippen LogP contribution in [0.4, 0.5) is 4.79 Å². The molecule has 1 aromatic carbocycles. The van der Waals surface area contributed by atoms with Gasteiger partial charge in [-0.05, 0) is 65.5 Å². The Morgan fingerprint density at radius 2 is 1.71 bits per heavy atom. The average molecular weight is 435 g/mol. The Morgan fingerprint density at radius 3 is 2.35 bits per heavy atom. The summed E-state index contributed by atoms with van der Waals surface area (Å²) in [5.74, 6) is 0. The van der Waals surface area contributed by atoms with Gasteiger partial charge in [-0.3, -0.25) is 0 Å². The van der Waals surface area contributed by atoms with Crippen molar-refractivity contribution in [1.29, 1.82) is 0 Å². The molecule has 1 atom stereocenters. The first-order valence-electron chi connectivity index (χ1n) is 12.0. The van der Waals surface area contributed by atoms with E-state index in [4.69, 9.17) is 4.74 Å². The number of nitrogens with one attached hydrogen (secondary N) is 1. The lowest BCUT2D eigenvalue weighted by Gasteiger charge is -2.26. The van der Waals surface area contributed by atoms with Gasteiger partial charge in [-0.25, -0.2) is 4.79 Å². The first-order chi connectivity index (χ1) is 15.0. The van der Waals surface area contributed by atoms with E-state index in [9.17, 15) is 4.79 Å². The molecule has 0 aliphatic rings. The Kier molecular flexibility index (Phi) is 15.0. The van der Waals surface area contributed by atoms with Gasteiger partial charge in [-0.2, -0.15) is 0 Å². The number of ether oxygens (including phenoxy) is 1. The lowest BCUT2D eigenvalue weighted by molar-refractivity contribution is 0.0939. The van der Waals surface area contributed by atoms with Gasteiger partial charge < -0.3 is 24.8 Å². The van der Waals surface area contributed by atoms with E-state index < -0.39 is 0 Å². The zero-order valence-corrected chi connectivity index (χ0v) is 20.6. The maximum atomic E-state index is 12.6. The molecule has 0 aliphatic carbocycles. The van der Waals surface area contributed by atoms with Gasteiger partial charge in [0, 0.05) is 32.2 Å². The van der Waals surface area contributed by atoms with Gasteiger partial charge in [-0.15, -0.1) is 0 Å². The summed E-state index contributed by atoms with van der Waals surface area (Å²) in [6.45, 7) is 10.5. The van der Waals surface area contributed by atoms with Crippen LogP contribution in [0, 0.1) is 0 Å². The first kappa shape index (κ1) is 27.4. The molecule has 0 saturated carbocycles. The fourth-order valence-electron chi connectivity index (χ4n) is 3.44. The lowest BCUT2D eigenvalue weighted by Crippen LogP contribution is -2.40. The van der Waals surface area contributed by atoms with Crippen molar-refractivity contribution < 1.29 is 9.53 Å². The van der Waals surface area contributed by atoms with E-state index in [-0.39, 0.29) is 6.09 Å². The van der Waals surface area contributed by atoms with E-state index >= 15 is 0 Å². The fraction of sp³-hybridized carbons (Fsp3) is 0.720. The van der Waals surface area contributed by atoms with Crippen LogP contribution in [0.2, 0.25) is 0 Å². The Bertz CT molecular complexity index is 568. The van der Waals surface area contributed by atoms with Crippen molar-refractivity contribution in [2.24, 2.45) is 0 Å². The summed E-state index contributed by atoms with van der Waals surface area (Å²) in [5.41, 5.74) is 1.02. The van der Waals surface area contributed by atoms with Crippen molar-refractivity contribution in [2.75, 3.05) is 60.4 Å². The zero-order valence-electron chi connectivity index (χ0n) is 20.6. The highest BCUT2D eigenvalue weighted by Gasteiger charge is 2.17. The Balaban J connectivity index is 2.37. The summed E-state index contributed by atoms with van der Waals surface area (Å²) in [5, 5.41) is 3.68. The van der Waals surface area contributed by atoms with Crippen molar-refractivity contribution in [1.82, 2.24) is 20.0 Å². The van der Waals surface area contributed by atoms with Crippen molar-refractivity contribution in [3.05, 3.63) is 35.9 Å². The predicted octanol–water partition coefficient (Wildman–Crippen LogP) is 4.07. The molecule has 1 N–H and O–H groups in total. The van der Waals surface area contributed by atoms with Crippen molar-refractivity contribution in [3.8, 4) is 0 Å². The molecule has 31 heavy (non-hydrogen) atoms. The summed E-state index contributed by atoms with van der Waals surface area (Å²) in [6.07, 6.45) is 5.07. The fourth-order valence-corrected chi connectivity index (χ4v) is 3.44. The van der Waals surface area contributed by atoms with Crippen molar-refractivity contribution in [2.45, 2.75) is 58.6 Å². The van der Waals surface area contributed by atoms with E-state index in [2.05, 4.69) is 50.1 Å². The predicted molar refractivity (Wildman–Crippen MR) is 130 cm³/mol. The quantitative estimate of drug-likeness (QED) is 0.401. The summed E-state index contributed by atoms with van der Waals surface area (Å²) in [7, 11) is 6.43. The molecular weight excluding hydrogens is 388 g/mol. The molecule has 6 heteroatoms. The summed E-state index contributed by atoms with van der Waals surface area (Å²) in [4.78, 5) is 19.1. The Labute approximate surface area is 190 Å². The minimum atomic E-state index is -0.201. The number of amides is 1. The topological polar surface area (TPSA) is 48.0 Å². The third-order valence-electron chi connectivity index (χ3n) is 5.56. The molecule has 0 bridgehead atoms. The molecule has 6 nitrogen and oxygen atoms in total. The Morgan fingerprint density at radius 1 is 0.968 bits per heavy atom. The summed E-state index contributed by atoms with van der Waals surface area (Å²) >= 11 is 0. The number of likely N-dealkylation sites (N-methyl/N-ethyl adjacent to an activating group) is 1. The number of carbonyl (C=O) groups excluding carboxylic acids is 1. The minimum absolute atomic E-state index is 0.201. The van der Waals surface area contributed by atoms with Crippen LogP contribution >= 0.6 is 0 Å². The molecule has 0 fully saturated rings. The maximum absolute atomic E-state index is 12.6. The molecule has 0 spiro atoms. The summed E-state index contributed by atoms with van der Waals surface area (Å²) in [6, 6.07) is 10.3. The van der Waals surface area contributed by atoms with Gasteiger partial charge in [0.2, 0.25) is 0 Å². The molecule has 1 amide bonds. The average Bonchev–Trinajstić information content (AvgIpc) is 2.76. The molecule has 0 aliphatic heterocycles. The molecule has 0 radical (unpaired) electrons. The van der Waals surface area contributed by atoms with E-state index in [1.54, 1.807) is 0 Å². The normalized spacial score (nSPS) is 12.4. The van der Waals surface area contributed by atoms with Gasteiger partial charge in [0.25, 0.3) is 0 Å². The molecule has 0 heterocycles. The zero-order chi connectivity index (χ0) is 22.9. The highest BCUT2D eigenvalue weighted by Crippen LogP contribution is 2.08. The number of nitrogens with zero attached hydrogens (tertiary/aromatic N) is 3. The number of rotatable bonds is 17. The molecule has 0 saturated heterocycles. The van der Waals surface area contributed by atoms with Crippen LogP contribution in [0.1, 0.15) is 51.5 Å². The minimum Gasteiger partial charge on any atom is -0.445 e. The van der Waals surface area contributed by atoms with Crippen LogP contribution in [-0.4, -0.2) is 87.2 Å². The van der Waals surface area contributed by atoms with Crippen LogP contribution in [0.15, 0.2) is 30.3 Å². The molecule has 1 aromatic rings. The SMILES string of the molecule is CCCCN(CCC(CC)NCCN(C)CCCN(C)C)C(=O)OCc1ccccc1. The smallest absolute Gasteiger partial charge is 0.410 e. The van der Waals surface area contributed by atoms with Crippen LogP contribution in [0.5, 0.6) is 0 Å². The summed E-state index contributed by atoms with van der Waals surface area (Å²) < 4.78 is 5.58. The van der Waals surface area contributed by atoms with Crippen LogP contribution in [0.3, 0.4) is 0 Å². The lowest BCUT2D eigenvalue weighted by atomic mass is 10.1. The number of benzene rings is 1. The maximum Gasteiger partial charge on any atom is 0.410 e. The van der Waals surface area contributed by atoms with Gasteiger partial charge in [0.1, 0.15) is 6.61 Å². The number of unbranched alkanes of at least 4 members (excludes halogenated alkanes) is 1. The largest absolute Gasteiger partial charge is 0.445 e. The van der Waals surface area contributed by atoms with Gasteiger partial charge in [0.15, 0.2) is 0 Å². The first-order valence-corrected chi connectivity index (χ1v) is 12.0. The van der Waals surface area contributed by atoms with Crippen LogP contribution < -0.4 is 5.32 Å². The standard InChI is InChI=1S/C25H46N4O2/c1-6-8-19-29(25(30)31-22-23-13-10-9-11-14-23)20-15-24(7-2)26-16-21-28(5)18-12-17-27(3)4/h9-11,13-14,24,26H,6-8,12,15-22H2,1-5H3. The highest BCUT2D eigenvalue weighted by molar-refractivity contribution is 5.67. The van der Waals surface area contributed by atoms with Gasteiger partial charge >= 0.3 is 6.09 Å². The number of hydrogen-bond donors (Lipinski definition) is 1. The van der Waals surface area contributed by atoms with Crippen LogP contribution in [-0.2, 0) is 11.3 Å².